The normalized spacial score (nSPS) is 12.4. The van der Waals surface area contributed by atoms with Gasteiger partial charge in [0.1, 0.15) is 0 Å². The smallest absolute Gasteiger partial charge is 0.0529 e. The molecule has 1 N–H and O–H groups in total. The van der Waals surface area contributed by atoms with Crippen molar-refractivity contribution >= 4 is 0 Å². The molecular formula is C13H29NO. The molecule has 0 aliphatic rings. The van der Waals surface area contributed by atoms with Gasteiger partial charge in [-0.25, -0.2) is 0 Å². The van der Waals surface area contributed by atoms with E-state index < -0.39 is 0 Å². The van der Waals surface area contributed by atoms with E-state index in [2.05, 4.69) is 39.9 Å². The lowest BCUT2D eigenvalue weighted by atomic mass is 9.94. The Labute approximate surface area is 95.8 Å². The predicted molar refractivity (Wildman–Crippen MR) is 67.3 cm³/mol. The van der Waals surface area contributed by atoms with Crippen molar-refractivity contribution in [2.24, 2.45) is 5.41 Å². The molecule has 15 heavy (non-hydrogen) atoms. The summed E-state index contributed by atoms with van der Waals surface area (Å²) in [6.07, 6.45) is 3.75. The Hall–Kier alpha value is -0.0800. The number of ether oxygens (including phenoxy) is 1. The zero-order valence-corrected chi connectivity index (χ0v) is 11.2. The van der Waals surface area contributed by atoms with Crippen LogP contribution in [0.2, 0.25) is 0 Å². The fourth-order valence-electron chi connectivity index (χ4n) is 1.33. The Morgan fingerprint density at radius 1 is 1.20 bits per heavy atom. The van der Waals surface area contributed by atoms with Gasteiger partial charge in [-0.05, 0) is 6.42 Å². The van der Waals surface area contributed by atoms with E-state index >= 15 is 0 Å². The van der Waals surface area contributed by atoms with Gasteiger partial charge >= 0.3 is 0 Å². The van der Waals surface area contributed by atoms with Gasteiger partial charge in [0.25, 0.3) is 0 Å². The lowest BCUT2D eigenvalue weighted by Crippen LogP contribution is -2.36. The highest BCUT2D eigenvalue weighted by Crippen LogP contribution is 2.14. The highest BCUT2D eigenvalue weighted by atomic mass is 16.5. The van der Waals surface area contributed by atoms with Crippen LogP contribution in [0.1, 0.15) is 53.9 Å². The molecule has 0 saturated carbocycles. The number of rotatable bonds is 9. The van der Waals surface area contributed by atoms with Crippen LogP contribution in [0, 0.1) is 5.41 Å². The van der Waals surface area contributed by atoms with Gasteiger partial charge in [0.05, 0.1) is 6.61 Å². The maximum Gasteiger partial charge on any atom is 0.0529 e. The van der Waals surface area contributed by atoms with Crippen LogP contribution >= 0.6 is 0 Å². The van der Waals surface area contributed by atoms with Gasteiger partial charge in [0, 0.05) is 24.6 Å². The Morgan fingerprint density at radius 3 is 2.40 bits per heavy atom. The van der Waals surface area contributed by atoms with E-state index in [9.17, 15) is 0 Å². The van der Waals surface area contributed by atoms with Gasteiger partial charge in [0.15, 0.2) is 0 Å². The first-order chi connectivity index (χ1) is 6.98. The maximum atomic E-state index is 5.69. The van der Waals surface area contributed by atoms with Crippen molar-refractivity contribution in [1.29, 1.82) is 0 Å². The molecule has 0 aromatic rings. The summed E-state index contributed by atoms with van der Waals surface area (Å²) in [7, 11) is 0. The van der Waals surface area contributed by atoms with Crippen LogP contribution in [-0.4, -0.2) is 25.8 Å². The highest BCUT2D eigenvalue weighted by molar-refractivity contribution is 4.72. The number of hydrogen-bond donors (Lipinski definition) is 1. The average Bonchev–Trinajstić information content (AvgIpc) is 2.15. The summed E-state index contributed by atoms with van der Waals surface area (Å²) in [5, 5.41) is 3.46. The van der Waals surface area contributed by atoms with Gasteiger partial charge < -0.3 is 10.1 Å². The lowest BCUT2D eigenvalue weighted by Gasteiger charge is -2.26. The molecule has 0 amide bonds. The summed E-state index contributed by atoms with van der Waals surface area (Å²) in [5.74, 6) is 0. The molecule has 0 aliphatic heterocycles. The quantitative estimate of drug-likeness (QED) is 0.596. The summed E-state index contributed by atoms with van der Waals surface area (Å²) >= 11 is 0. The molecule has 0 aromatic heterocycles. The van der Waals surface area contributed by atoms with E-state index in [0.717, 1.165) is 19.8 Å². The van der Waals surface area contributed by atoms with Crippen LogP contribution in [-0.2, 0) is 4.74 Å². The number of hydrogen-bond acceptors (Lipinski definition) is 2. The van der Waals surface area contributed by atoms with E-state index in [1.54, 1.807) is 0 Å². The van der Waals surface area contributed by atoms with Gasteiger partial charge in [-0.15, -0.1) is 0 Å². The highest BCUT2D eigenvalue weighted by Gasteiger charge is 2.17. The molecule has 0 radical (unpaired) electrons. The van der Waals surface area contributed by atoms with E-state index in [1.807, 2.05) is 0 Å². The molecule has 0 saturated heterocycles. The van der Waals surface area contributed by atoms with Crippen LogP contribution in [0.15, 0.2) is 0 Å². The fraction of sp³-hybridized carbons (Fsp3) is 1.00. The molecule has 0 fully saturated rings. The van der Waals surface area contributed by atoms with Crippen molar-refractivity contribution in [3.8, 4) is 0 Å². The van der Waals surface area contributed by atoms with E-state index in [1.165, 1.54) is 19.3 Å². The van der Waals surface area contributed by atoms with Crippen LogP contribution in [0.25, 0.3) is 0 Å². The van der Waals surface area contributed by atoms with E-state index in [-0.39, 0.29) is 5.41 Å². The second-order valence-corrected chi connectivity index (χ2v) is 5.46. The van der Waals surface area contributed by atoms with Crippen LogP contribution in [0.5, 0.6) is 0 Å². The van der Waals surface area contributed by atoms with Crippen molar-refractivity contribution in [2.75, 3.05) is 19.8 Å². The molecule has 0 unspecified atom stereocenters. The van der Waals surface area contributed by atoms with Gasteiger partial charge in [-0.2, -0.15) is 0 Å². The summed E-state index contributed by atoms with van der Waals surface area (Å²) in [6.45, 7) is 13.9. The first-order valence-corrected chi connectivity index (χ1v) is 6.29. The third-order valence-electron chi connectivity index (χ3n) is 2.37. The third kappa shape index (κ3) is 10.2. The van der Waals surface area contributed by atoms with Crippen LogP contribution in [0.3, 0.4) is 0 Å². The standard InChI is InChI=1S/C13H29NO/c1-6-7-8-9-15-11-13(4,5)10-14-12(2)3/h12,14H,6-11H2,1-5H3. The fourth-order valence-corrected chi connectivity index (χ4v) is 1.33. The van der Waals surface area contributed by atoms with Crippen molar-refractivity contribution in [1.82, 2.24) is 5.32 Å². The molecule has 0 aromatic carbocycles. The predicted octanol–water partition coefficient (Wildman–Crippen LogP) is 3.22. The largest absolute Gasteiger partial charge is 0.381 e. The Morgan fingerprint density at radius 2 is 1.87 bits per heavy atom. The molecule has 0 rings (SSSR count). The molecular weight excluding hydrogens is 186 g/mol. The third-order valence-corrected chi connectivity index (χ3v) is 2.37. The van der Waals surface area contributed by atoms with Crippen LogP contribution in [0.4, 0.5) is 0 Å². The molecule has 2 heteroatoms. The first kappa shape index (κ1) is 14.9. The summed E-state index contributed by atoms with van der Waals surface area (Å²) in [4.78, 5) is 0. The second kappa shape index (κ2) is 8.12. The number of nitrogens with one attached hydrogen (secondary N) is 1. The minimum Gasteiger partial charge on any atom is -0.381 e. The zero-order valence-electron chi connectivity index (χ0n) is 11.2. The Balaban J connectivity index is 3.46. The molecule has 0 spiro atoms. The number of unbranched alkanes of at least 4 members (excludes halogenated alkanes) is 2. The summed E-state index contributed by atoms with van der Waals surface area (Å²) in [5.41, 5.74) is 0.247. The van der Waals surface area contributed by atoms with Crippen molar-refractivity contribution in [2.45, 2.75) is 59.9 Å². The minimum atomic E-state index is 0.247. The monoisotopic (exact) mass is 215 g/mol. The summed E-state index contributed by atoms with van der Waals surface area (Å²) < 4.78 is 5.69. The van der Waals surface area contributed by atoms with E-state index in [0.29, 0.717) is 6.04 Å². The summed E-state index contributed by atoms with van der Waals surface area (Å²) in [6, 6.07) is 0.560. The lowest BCUT2D eigenvalue weighted by molar-refractivity contribution is 0.0589. The molecule has 92 valence electrons. The van der Waals surface area contributed by atoms with Gasteiger partial charge in [-0.1, -0.05) is 47.5 Å². The molecule has 0 bridgehead atoms. The Kier molecular flexibility index (Phi) is 8.07. The van der Waals surface area contributed by atoms with Gasteiger partial charge in [0.2, 0.25) is 0 Å². The van der Waals surface area contributed by atoms with Crippen molar-refractivity contribution < 1.29 is 4.74 Å². The van der Waals surface area contributed by atoms with E-state index in [4.69, 9.17) is 4.74 Å². The average molecular weight is 215 g/mol. The van der Waals surface area contributed by atoms with Crippen LogP contribution < -0.4 is 5.32 Å². The first-order valence-electron chi connectivity index (χ1n) is 6.29. The van der Waals surface area contributed by atoms with Crippen molar-refractivity contribution in [3.05, 3.63) is 0 Å². The van der Waals surface area contributed by atoms with Crippen molar-refractivity contribution in [3.63, 3.8) is 0 Å². The van der Waals surface area contributed by atoms with Gasteiger partial charge in [-0.3, -0.25) is 0 Å². The molecule has 0 atom stereocenters. The maximum absolute atomic E-state index is 5.69. The molecule has 2 nitrogen and oxygen atoms in total. The SMILES string of the molecule is CCCCCOCC(C)(C)CNC(C)C. The molecule has 0 heterocycles. The minimum absolute atomic E-state index is 0.247. The zero-order chi connectivity index (χ0) is 11.7. The molecule has 0 aliphatic carbocycles. The Bertz CT molecular complexity index is 143. The topological polar surface area (TPSA) is 21.3 Å². The second-order valence-electron chi connectivity index (χ2n) is 5.46.